The van der Waals surface area contributed by atoms with Crippen LogP contribution in [0.4, 0.5) is 5.69 Å². The third kappa shape index (κ3) is 4.44. The lowest BCUT2D eigenvalue weighted by atomic mass is 10.2. The van der Waals surface area contributed by atoms with Crippen molar-refractivity contribution >= 4 is 11.6 Å². The summed E-state index contributed by atoms with van der Waals surface area (Å²) in [5, 5.41) is 3.19. The van der Waals surface area contributed by atoms with Crippen molar-refractivity contribution in [3.8, 4) is 5.75 Å². The number of likely N-dealkylation sites (tertiary alicyclic amines) is 1. The fourth-order valence-electron chi connectivity index (χ4n) is 2.47. The van der Waals surface area contributed by atoms with Crippen molar-refractivity contribution in [2.75, 3.05) is 31.6 Å². The number of nitrogens with zero attached hydrogens (tertiary/aromatic N) is 1. The molecule has 20 heavy (non-hydrogen) atoms. The van der Waals surface area contributed by atoms with Crippen LogP contribution in [0.2, 0.25) is 0 Å². The largest absolute Gasteiger partial charge is 0.494 e. The molecule has 0 bridgehead atoms. The molecule has 1 amide bonds. The van der Waals surface area contributed by atoms with Crippen LogP contribution in [-0.4, -0.2) is 37.0 Å². The van der Waals surface area contributed by atoms with E-state index in [9.17, 15) is 4.79 Å². The van der Waals surface area contributed by atoms with Crippen molar-refractivity contribution < 1.29 is 9.53 Å². The zero-order valence-electron chi connectivity index (χ0n) is 12.2. The SMILES string of the molecule is CCOc1cccc(NCC(=O)N2CCCCCC2)c1. The fourth-order valence-corrected chi connectivity index (χ4v) is 2.47. The highest BCUT2D eigenvalue weighted by Gasteiger charge is 2.14. The van der Waals surface area contributed by atoms with E-state index in [1.54, 1.807) is 0 Å². The number of nitrogens with one attached hydrogen (secondary N) is 1. The van der Waals surface area contributed by atoms with Crippen LogP contribution in [0.25, 0.3) is 0 Å². The molecule has 1 aromatic carbocycles. The molecule has 1 aliphatic heterocycles. The highest BCUT2D eigenvalue weighted by molar-refractivity contribution is 5.81. The van der Waals surface area contributed by atoms with Crippen molar-refractivity contribution in [2.45, 2.75) is 32.6 Å². The molecule has 2 rings (SSSR count). The standard InChI is InChI=1S/C16H24N2O2/c1-2-20-15-9-7-8-14(12-15)17-13-16(19)18-10-5-3-4-6-11-18/h7-9,12,17H,2-6,10-11,13H2,1H3. The van der Waals surface area contributed by atoms with E-state index in [-0.39, 0.29) is 5.91 Å². The first-order valence-corrected chi connectivity index (χ1v) is 7.54. The van der Waals surface area contributed by atoms with Gasteiger partial charge in [0.25, 0.3) is 0 Å². The number of benzene rings is 1. The number of hydrogen-bond acceptors (Lipinski definition) is 3. The number of carbonyl (C=O) groups excluding carboxylic acids is 1. The zero-order chi connectivity index (χ0) is 14.2. The molecule has 0 saturated carbocycles. The monoisotopic (exact) mass is 276 g/mol. The Morgan fingerprint density at radius 3 is 2.70 bits per heavy atom. The van der Waals surface area contributed by atoms with E-state index in [1.165, 1.54) is 12.8 Å². The van der Waals surface area contributed by atoms with Crippen LogP contribution in [0.1, 0.15) is 32.6 Å². The summed E-state index contributed by atoms with van der Waals surface area (Å²) in [4.78, 5) is 14.1. The predicted molar refractivity (Wildman–Crippen MR) is 81.1 cm³/mol. The molecule has 4 heteroatoms. The Kier molecular flexibility index (Phi) is 5.71. The summed E-state index contributed by atoms with van der Waals surface area (Å²) in [5.41, 5.74) is 0.930. The van der Waals surface area contributed by atoms with Crippen molar-refractivity contribution in [1.29, 1.82) is 0 Å². The van der Waals surface area contributed by atoms with E-state index in [0.717, 1.165) is 37.4 Å². The molecule has 1 saturated heterocycles. The number of amides is 1. The molecule has 1 N–H and O–H groups in total. The minimum Gasteiger partial charge on any atom is -0.494 e. The van der Waals surface area contributed by atoms with E-state index in [4.69, 9.17) is 4.74 Å². The van der Waals surface area contributed by atoms with Gasteiger partial charge >= 0.3 is 0 Å². The van der Waals surface area contributed by atoms with Gasteiger partial charge in [-0.3, -0.25) is 4.79 Å². The maximum absolute atomic E-state index is 12.2. The van der Waals surface area contributed by atoms with Gasteiger partial charge in [0, 0.05) is 24.8 Å². The molecule has 0 unspecified atom stereocenters. The van der Waals surface area contributed by atoms with E-state index in [2.05, 4.69) is 5.32 Å². The molecular formula is C16H24N2O2. The molecule has 1 aromatic rings. The van der Waals surface area contributed by atoms with E-state index in [1.807, 2.05) is 36.1 Å². The molecular weight excluding hydrogens is 252 g/mol. The first-order chi connectivity index (χ1) is 9.79. The Morgan fingerprint density at radius 1 is 1.25 bits per heavy atom. The van der Waals surface area contributed by atoms with Gasteiger partial charge in [0.15, 0.2) is 0 Å². The van der Waals surface area contributed by atoms with E-state index < -0.39 is 0 Å². The van der Waals surface area contributed by atoms with Gasteiger partial charge in [-0.05, 0) is 31.9 Å². The lowest BCUT2D eigenvalue weighted by Gasteiger charge is -2.20. The van der Waals surface area contributed by atoms with E-state index >= 15 is 0 Å². The highest BCUT2D eigenvalue weighted by atomic mass is 16.5. The minimum absolute atomic E-state index is 0.189. The van der Waals surface area contributed by atoms with Crippen LogP contribution < -0.4 is 10.1 Å². The van der Waals surface area contributed by atoms with Gasteiger partial charge in [0.2, 0.25) is 5.91 Å². The first kappa shape index (κ1) is 14.7. The van der Waals surface area contributed by atoms with Gasteiger partial charge in [-0.25, -0.2) is 0 Å². The second-order valence-corrected chi connectivity index (χ2v) is 5.11. The van der Waals surface area contributed by atoms with Gasteiger partial charge in [0.1, 0.15) is 5.75 Å². The molecule has 4 nitrogen and oxygen atoms in total. The fraction of sp³-hybridized carbons (Fsp3) is 0.562. The molecule has 0 radical (unpaired) electrons. The Morgan fingerprint density at radius 2 is 2.00 bits per heavy atom. The molecule has 1 aliphatic rings. The third-order valence-corrected chi connectivity index (χ3v) is 3.55. The maximum atomic E-state index is 12.2. The lowest BCUT2D eigenvalue weighted by Crippen LogP contribution is -2.36. The topological polar surface area (TPSA) is 41.6 Å². The predicted octanol–water partition coefficient (Wildman–Crippen LogP) is 2.90. The van der Waals surface area contributed by atoms with Crippen LogP contribution in [-0.2, 0) is 4.79 Å². The third-order valence-electron chi connectivity index (χ3n) is 3.55. The van der Waals surface area contributed by atoms with Crippen LogP contribution in [0.15, 0.2) is 24.3 Å². The molecule has 1 heterocycles. The second kappa shape index (κ2) is 7.78. The molecule has 0 aliphatic carbocycles. The van der Waals surface area contributed by atoms with Crippen molar-refractivity contribution in [3.63, 3.8) is 0 Å². The smallest absolute Gasteiger partial charge is 0.241 e. The zero-order valence-corrected chi connectivity index (χ0v) is 12.2. The Hall–Kier alpha value is -1.71. The van der Waals surface area contributed by atoms with Crippen molar-refractivity contribution in [1.82, 2.24) is 4.90 Å². The van der Waals surface area contributed by atoms with Gasteiger partial charge < -0.3 is 15.0 Å². The number of anilines is 1. The molecule has 0 spiro atoms. The molecule has 1 fully saturated rings. The Labute approximate surface area is 121 Å². The normalized spacial score (nSPS) is 15.6. The molecule has 110 valence electrons. The number of rotatable bonds is 5. The average Bonchev–Trinajstić information content (AvgIpc) is 2.75. The maximum Gasteiger partial charge on any atom is 0.241 e. The Bertz CT molecular complexity index is 426. The number of hydrogen-bond donors (Lipinski definition) is 1. The summed E-state index contributed by atoms with van der Waals surface area (Å²) in [7, 11) is 0. The van der Waals surface area contributed by atoms with E-state index in [0.29, 0.717) is 13.2 Å². The summed E-state index contributed by atoms with van der Waals surface area (Å²) < 4.78 is 5.45. The summed E-state index contributed by atoms with van der Waals surface area (Å²) in [6, 6.07) is 7.74. The minimum atomic E-state index is 0.189. The lowest BCUT2D eigenvalue weighted by molar-refractivity contribution is -0.129. The van der Waals surface area contributed by atoms with Gasteiger partial charge in [-0.15, -0.1) is 0 Å². The van der Waals surface area contributed by atoms with Crippen LogP contribution >= 0.6 is 0 Å². The summed E-state index contributed by atoms with van der Waals surface area (Å²) >= 11 is 0. The summed E-state index contributed by atoms with van der Waals surface area (Å²) in [5.74, 6) is 1.02. The van der Waals surface area contributed by atoms with Gasteiger partial charge in [0.05, 0.1) is 13.2 Å². The van der Waals surface area contributed by atoms with Crippen molar-refractivity contribution in [3.05, 3.63) is 24.3 Å². The van der Waals surface area contributed by atoms with Crippen LogP contribution in [0, 0.1) is 0 Å². The Balaban J connectivity index is 1.84. The summed E-state index contributed by atoms with van der Waals surface area (Å²) in [6.07, 6.45) is 4.75. The quantitative estimate of drug-likeness (QED) is 0.899. The molecule has 0 atom stereocenters. The summed E-state index contributed by atoms with van der Waals surface area (Å²) in [6.45, 7) is 4.77. The number of ether oxygens (including phenoxy) is 1. The van der Waals surface area contributed by atoms with Gasteiger partial charge in [-0.1, -0.05) is 18.9 Å². The number of carbonyl (C=O) groups is 1. The highest BCUT2D eigenvalue weighted by Crippen LogP contribution is 2.17. The van der Waals surface area contributed by atoms with Crippen LogP contribution in [0.3, 0.4) is 0 Å². The molecule has 0 aromatic heterocycles. The second-order valence-electron chi connectivity index (χ2n) is 5.11. The van der Waals surface area contributed by atoms with Gasteiger partial charge in [-0.2, -0.15) is 0 Å². The first-order valence-electron chi connectivity index (χ1n) is 7.54. The van der Waals surface area contributed by atoms with Crippen LogP contribution in [0.5, 0.6) is 5.75 Å². The average molecular weight is 276 g/mol. The van der Waals surface area contributed by atoms with Crippen molar-refractivity contribution in [2.24, 2.45) is 0 Å².